The van der Waals surface area contributed by atoms with E-state index in [0.29, 0.717) is 12.1 Å². The molecule has 0 radical (unpaired) electrons. The summed E-state index contributed by atoms with van der Waals surface area (Å²) in [6.07, 6.45) is 4.72. The molecule has 0 bridgehead atoms. The van der Waals surface area contributed by atoms with E-state index in [1.807, 2.05) is 24.0 Å². The summed E-state index contributed by atoms with van der Waals surface area (Å²) in [4.78, 5) is 17.8. The molecule has 104 valence electrons. The average Bonchev–Trinajstić information content (AvgIpc) is 2.46. The van der Waals surface area contributed by atoms with Crippen LogP contribution in [0.2, 0.25) is 0 Å². The van der Waals surface area contributed by atoms with Gasteiger partial charge in [0, 0.05) is 6.54 Å². The number of primary amides is 1. The second-order valence-corrected chi connectivity index (χ2v) is 4.97. The number of hydrogen-bond acceptors (Lipinski definition) is 4. The number of carbonyl (C=O) groups is 1. The van der Waals surface area contributed by atoms with E-state index in [2.05, 4.69) is 4.98 Å². The number of aliphatic hydroxyl groups is 1. The van der Waals surface area contributed by atoms with Crippen LogP contribution >= 0.6 is 0 Å². The lowest BCUT2D eigenvalue weighted by molar-refractivity contribution is -0.119. The van der Waals surface area contributed by atoms with Crippen LogP contribution in [0.1, 0.15) is 44.4 Å². The molecule has 0 saturated carbocycles. The monoisotopic (exact) mass is 263 g/mol. The predicted molar refractivity (Wildman–Crippen MR) is 73.7 cm³/mol. The molecule has 0 aromatic carbocycles. The van der Waals surface area contributed by atoms with Gasteiger partial charge in [0.2, 0.25) is 5.91 Å². The Morgan fingerprint density at radius 2 is 2.37 bits per heavy atom. The van der Waals surface area contributed by atoms with Crippen molar-refractivity contribution in [2.24, 2.45) is 5.73 Å². The Kier molecular flexibility index (Phi) is 4.37. The summed E-state index contributed by atoms with van der Waals surface area (Å²) in [7, 11) is 0. The van der Waals surface area contributed by atoms with Crippen molar-refractivity contribution in [1.29, 1.82) is 0 Å². The number of aliphatic hydroxyl groups excluding tert-OH is 1. The van der Waals surface area contributed by atoms with Gasteiger partial charge < -0.3 is 15.7 Å². The molecular weight excluding hydrogens is 242 g/mol. The molecule has 1 aliphatic heterocycles. The SMILES string of the molecule is CCC(O)c1ccc(N2CCCCC2C(N)=O)cn1. The number of piperidine rings is 1. The number of anilines is 1. The Morgan fingerprint density at radius 3 is 2.95 bits per heavy atom. The van der Waals surface area contributed by atoms with Crippen molar-refractivity contribution in [3.05, 3.63) is 24.0 Å². The summed E-state index contributed by atoms with van der Waals surface area (Å²) >= 11 is 0. The number of carbonyl (C=O) groups excluding carboxylic acids is 1. The number of aromatic nitrogens is 1. The minimum atomic E-state index is -0.526. The van der Waals surface area contributed by atoms with Gasteiger partial charge in [-0.2, -0.15) is 0 Å². The maximum atomic E-state index is 11.5. The van der Waals surface area contributed by atoms with Crippen LogP contribution in [-0.2, 0) is 4.79 Å². The minimum Gasteiger partial charge on any atom is -0.387 e. The molecule has 1 aromatic rings. The fraction of sp³-hybridized carbons (Fsp3) is 0.571. The van der Waals surface area contributed by atoms with Gasteiger partial charge in [0.05, 0.1) is 23.7 Å². The van der Waals surface area contributed by atoms with Gasteiger partial charge in [-0.1, -0.05) is 6.92 Å². The first-order valence-corrected chi connectivity index (χ1v) is 6.83. The van der Waals surface area contributed by atoms with Crippen LogP contribution in [0.3, 0.4) is 0 Å². The highest BCUT2D eigenvalue weighted by atomic mass is 16.3. The van der Waals surface area contributed by atoms with Gasteiger partial charge in [0.1, 0.15) is 6.04 Å². The van der Waals surface area contributed by atoms with Crippen LogP contribution in [0.5, 0.6) is 0 Å². The second-order valence-electron chi connectivity index (χ2n) is 4.97. The number of hydrogen-bond donors (Lipinski definition) is 2. The zero-order chi connectivity index (χ0) is 13.8. The Bertz CT molecular complexity index is 433. The normalized spacial score (nSPS) is 21.2. The van der Waals surface area contributed by atoms with Gasteiger partial charge in [-0.15, -0.1) is 0 Å². The molecule has 1 fully saturated rings. The standard InChI is InChI=1S/C14H21N3O2/c1-2-13(18)11-7-6-10(9-16-11)17-8-4-3-5-12(17)14(15)19/h6-7,9,12-13,18H,2-5,8H2,1H3,(H2,15,19). The van der Waals surface area contributed by atoms with Crippen LogP contribution in [0.15, 0.2) is 18.3 Å². The third-order valence-corrected chi connectivity index (χ3v) is 3.66. The van der Waals surface area contributed by atoms with Crippen LogP contribution in [0.25, 0.3) is 0 Å². The Balaban J connectivity index is 2.18. The summed E-state index contributed by atoms with van der Waals surface area (Å²) in [6, 6.07) is 3.48. The van der Waals surface area contributed by atoms with Crippen molar-refractivity contribution in [3.63, 3.8) is 0 Å². The first-order chi connectivity index (χ1) is 9.13. The molecule has 2 heterocycles. The highest BCUT2D eigenvalue weighted by molar-refractivity contribution is 5.83. The van der Waals surface area contributed by atoms with Crippen molar-refractivity contribution in [2.45, 2.75) is 44.8 Å². The molecule has 19 heavy (non-hydrogen) atoms. The zero-order valence-corrected chi connectivity index (χ0v) is 11.2. The van der Waals surface area contributed by atoms with Crippen molar-refractivity contribution in [3.8, 4) is 0 Å². The molecule has 3 N–H and O–H groups in total. The fourth-order valence-corrected chi connectivity index (χ4v) is 2.51. The van der Waals surface area contributed by atoms with Crippen LogP contribution < -0.4 is 10.6 Å². The molecule has 2 rings (SSSR count). The number of pyridine rings is 1. The summed E-state index contributed by atoms with van der Waals surface area (Å²) < 4.78 is 0. The number of nitrogens with zero attached hydrogens (tertiary/aromatic N) is 2. The van der Waals surface area contributed by atoms with Gasteiger partial charge in [-0.3, -0.25) is 9.78 Å². The Hall–Kier alpha value is -1.62. The van der Waals surface area contributed by atoms with Crippen LogP contribution in [0.4, 0.5) is 5.69 Å². The zero-order valence-electron chi connectivity index (χ0n) is 11.2. The largest absolute Gasteiger partial charge is 0.387 e. The molecule has 2 unspecified atom stereocenters. The molecule has 1 aromatic heterocycles. The van der Waals surface area contributed by atoms with E-state index in [-0.39, 0.29) is 11.9 Å². The third-order valence-electron chi connectivity index (χ3n) is 3.66. The van der Waals surface area contributed by atoms with E-state index < -0.39 is 6.10 Å². The molecule has 0 spiro atoms. The summed E-state index contributed by atoms with van der Waals surface area (Å²) in [5.41, 5.74) is 7.02. The lowest BCUT2D eigenvalue weighted by Crippen LogP contribution is -2.47. The molecule has 1 aliphatic rings. The van der Waals surface area contributed by atoms with Crippen LogP contribution in [0, 0.1) is 0 Å². The summed E-state index contributed by atoms with van der Waals surface area (Å²) in [5.74, 6) is -0.280. The van der Waals surface area contributed by atoms with E-state index in [0.717, 1.165) is 31.5 Å². The second kappa shape index (κ2) is 6.02. The topological polar surface area (TPSA) is 79.5 Å². The van der Waals surface area contributed by atoms with E-state index >= 15 is 0 Å². The van der Waals surface area contributed by atoms with Crippen molar-refractivity contribution in [2.75, 3.05) is 11.4 Å². The smallest absolute Gasteiger partial charge is 0.240 e. The van der Waals surface area contributed by atoms with Crippen LogP contribution in [-0.4, -0.2) is 28.6 Å². The minimum absolute atomic E-state index is 0.238. The third kappa shape index (κ3) is 3.04. The van der Waals surface area contributed by atoms with Crippen molar-refractivity contribution < 1.29 is 9.90 Å². The first kappa shape index (κ1) is 13.8. The van der Waals surface area contributed by atoms with E-state index in [4.69, 9.17) is 5.73 Å². The molecule has 5 heteroatoms. The molecule has 5 nitrogen and oxygen atoms in total. The van der Waals surface area contributed by atoms with Crippen molar-refractivity contribution in [1.82, 2.24) is 4.98 Å². The maximum absolute atomic E-state index is 11.5. The number of rotatable bonds is 4. The van der Waals surface area contributed by atoms with Gasteiger partial charge in [-0.25, -0.2) is 0 Å². The summed E-state index contributed by atoms with van der Waals surface area (Å²) in [6.45, 7) is 2.74. The lowest BCUT2D eigenvalue weighted by atomic mass is 10.0. The van der Waals surface area contributed by atoms with E-state index in [1.54, 1.807) is 6.20 Å². The lowest BCUT2D eigenvalue weighted by Gasteiger charge is -2.35. The van der Waals surface area contributed by atoms with Crippen molar-refractivity contribution >= 4 is 11.6 Å². The van der Waals surface area contributed by atoms with Gasteiger partial charge in [0.25, 0.3) is 0 Å². The molecule has 0 aliphatic carbocycles. The molecule has 1 amide bonds. The van der Waals surface area contributed by atoms with Gasteiger partial charge in [-0.05, 0) is 37.8 Å². The molecule has 1 saturated heterocycles. The number of nitrogens with two attached hydrogens (primary N) is 1. The molecule has 2 atom stereocenters. The first-order valence-electron chi connectivity index (χ1n) is 6.83. The average molecular weight is 263 g/mol. The molecular formula is C14H21N3O2. The number of amides is 1. The Morgan fingerprint density at radius 1 is 1.58 bits per heavy atom. The van der Waals surface area contributed by atoms with Gasteiger partial charge >= 0.3 is 0 Å². The fourth-order valence-electron chi connectivity index (χ4n) is 2.51. The maximum Gasteiger partial charge on any atom is 0.240 e. The highest BCUT2D eigenvalue weighted by Crippen LogP contribution is 2.25. The highest BCUT2D eigenvalue weighted by Gasteiger charge is 2.27. The van der Waals surface area contributed by atoms with Gasteiger partial charge in [0.15, 0.2) is 0 Å². The summed E-state index contributed by atoms with van der Waals surface area (Å²) in [5, 5.41) is 9.72. The van der Waals surface area contributed by atoms with E-state index in [1.165, 1.54) is 0 Å². The predicted octanol–water partition coefficient (Wildman–Crippen LogP) is 1.37. The quantitative estimate of drug-likeness (QED) is 0.860. The Labute approximate surface area is 113 Å². The van der Waals surface area contributed by atoms with E-state index in [9.17, 15) is 9.90 Å².